The van der Waals surface area contributed by atoms with Gasteiger partial charge in [-0.2, -0.15) is 5.10 Å². The van der Waals surface area contributed by atoms with Crippen molar-refractivity contribution in [2.45, 2.75) is 20.8 Å². The van der Waals surface area contributed by atoms with Crippen molar-refractivity contribution in [2.75, 3.05) is 0 Å². The second kappa shape index (κ2) is 3.46. The van der Waals surface area contributed by atoms with Crippen LogP contribution in [0.2, 0.25) is 0 Å². The monoisotopic (exact) mass is 205 g/mol. The van der Waals surface area contributed by atoms with Gasteiger partial charge >= 0.3 is 0 Å². The lowest BCUT2D eigenvalue weighted by Crippen LogP contribution is -1.98. The normalized spacial score (nSPS) is 10.5. The van der Waals surface area contributed by atoms with E-state index in [2.05, 4.69) is 29.0 Å². The molecule has 0 atom stereocenters. The number of aromatic nitrogens is 3. The summed E-state index contributed by atoms with van der Waals surface area (Å²) in [5.74, 6) is 0. The Kier molecular flexibility index (Phi) is 2.29. The van der Waals surface area contributed by atoms with Gasteiger partial charge in [-0.05, 0) is 31.9 Å². The molecule has 0 saturated carbocycles. The summed E-state index contributed by atoms with van der Waals surface area (Å²) in [4.78, 5) is 4.23. The number of aryl methyl sites for hydroxylation is 1. The van der Waals surface area contributed by atoms with E-state index in [0.717, 1.165) is 16.4 Å². The Bertz CT molecular complexity index is 449. The smallest absolute Gasteiger partial charge is 0.143 e. The van der Waals surface area contributed by atoms with Crippen molar-refractivity contribution < 1.29 is 0 Å². The van der Waals surface area contributed by atoms with Crippen LogP contribution >= 0.6 is 11.3 Å². The van der Waals surface area contributed by atoms with Gasteiger partial charge in [0, 0.05) is 11.6 Å². The molecule has 72 valence electrons. The van der Waals surface area contributed by atoms with Gasteiger partial charge in [0.1, 0.15) is 10.7 Å². The number of rotatable bonds is 1. The molecule has 0 amide bonds. The minimum absolute atomic E-state index is 0.906. The molecular formula is C10H11N3S. The first-order valence-electron chi connectivity index (χ1n) is 4.40. The molecule has 0 unspecified atom stereocenters. The molecule has 2 aromatic heterocycles. The average molecular weight is 205 g/mol. The molecule has 2 rings (SSSR count). The van der Waals surface area contributed by atoms with Crippen LogP contribution in [0.25, 0.3) is 10.7 Å². The zero-order chi connectivity index (χ0) is 10.1. The second-order valence-electron chi connectivity index (χ2n) is 3.22. The van der Waals surface area contributed by atoms with Crippen molar-refractivity contribution in [1.82, 2.24) is 15.2 Å². The fraction of sp³-hybridized carbons (Fsp3) is 0.300. The zero-order valence-electron chi connectivity index (χ0n) is 8.40. The van der Waals surface area contributed by atoms with E-state index in [-0.39, 0.29) is 0 Å². The van der Waals surface area contributed by atoms with Crippen molar-refractivity contribution in [2.24, 2.45) is 0 Å². The molecule has 4 heteroatoms. The molecule has 0 spiro atoms. The van der Waals surface area contributed by atoms with E-state index in [1.54, 1.807) is 17.5 Å². The van der Waals surface area contributed by atoms with Crippen LogP contribution in [0.1, 0.15) is 16.8 Å². The molecule has 2 aromatic rings. The summed E-state index contributed by atoms with van der Waals surface area (Å²) in [5, 5.41) is 11.2. The third-order valence-electron chi connectivity index (χ3n) is 2.40. The molecule has 0 N–H and O–H groups in total. The first-order chi connectivity index (χ1) is 6.70. The number of thiazole rings is 1. The van der Waals surface area contributed by atoms with Gasteiger partial charge in [-0.15, -0.1) is 16.4 Å². The van der Waals surface area contributed by atoms with Crippen LogP contribution < -0.4 is 0 Å². The SMILES string of the molecule is Cc1nnc(-c2nccs2)c(C)c1C. The van der Waals surface area contributed by atoms with E-state index in [0.29, 0.717) is 0 Å². The van der Waals surface area contributed by atoms with Crippen molar-refractivity contribution in [3.05, 3.63) is 28.4 Å². The van der Waals surface area contributed by atoms with Crippen molar-refractivity contribution in [3.63, 3.8) is 0 Å². The number of hydrogen-bond acceptors (Lipinski definition) is 4. The fourth-order valence-electron chi connectivity index (χ4n) is 1.27. The lowest BCUT2D eigenvalue weighted by atomic mass is 10.1. The van der Waals surface area contributed by atoms with Crippen molar-refractivity contribution in [3.8, 4) is 10.7 Å². The van der Waals surface area contributed by atoms with Crippen LogP contribution in [0.3, 0.4) is 0 Å². The lowest BCUT2D eigenvalue weighted by Gasteiger charge is -2.05. The van der Waals surface area contributed by atoms with Crippen LogP contribution in [0.4, 0.5) is 0 Å². The van der Waals surface area contributed by atoms with Gasteiger partial charge in [-0.3, -0.25) is 0 Å². The quantitative estimate of drug-likeness (QED) is 0.718. The highest BCUT2D eigenvalue weighted by molar-refractivity contribution is 7.13. The van der Waals surface area contributed by atoms with Gasteiger partial charge in [0.05, 0.1) is 5.69 Å². The Morgan fingerprint density at radius 2 is 1.86 bits per heavy atom. The molecule has 0 aliphatic carbocycles. The fourth-order valence-corrected chi connectivity index (χ4v) is 1.95. The lowest BCUT2D eigenvalue weighted by molar-refractivity contribution is 0.950. The maximum Gasteiger partial charge on any atom is 0.143 e. The first-order valence-corrected chi connectivity index (χ1v) is 5.28. The Hall–Kier alpha value is -1.29. The van der Waals surface area contributed by atoms with E-state index in [1.165, 1.54) is 11.1 Å². The highest BCUT2D eigenvalue weighted by Crippen LogP contribution is 2.24. The number of nitrogens with zero attached hydrogens (tertiary/aromatic N) is 3. The highest BCUT2D eigenvalue weighted by Gasteiger charge is 2.10. The Balaban J connectivity index is 2.61. The average Bonchev–Trinajstić information content (AvgIpc) is 2.67. The zero-order valence-corrected chi connectivity index (χ0v) is 9.22. The topological polar surface area (TPSA) is 38.7 Å². The highest BCUT2D eigenvalue weighted by atomic mass is 32.1. The summed E-state index contributed by atoms with van der Waals surface area (Å²) in [7, 11) is 0. The molecule has 0 aliphatic rings. The van der Waals surface area contributed by atoms with E-state index < -0.39 is 0 Å². The molecule has 3 nitrogen and oxygen atoms in total. The van der Waals surface area contributed by atoms with Crippen LogP contribution in [0, 0.1) is 20.8 Å². The molecule has 2 heterocycles. The van der Waals surface area contributed by atoms with Crippen LogP contribution in [0.15, 0.2) is 11.6 Å². The predicted molar refractivity (Wildman–Crippen MR) is 57.4 cm³/mol. The minimum atomic E-state index is 0.906. The Morgan fingerprint density at radius 3 is 2.50 bits per heavy atom. The Labute approximate surface area is 86.9 Å². The maximum absolute atomic E-state index is 4.23. The molecule has 14 heavy (non-hydrogen) atoms. The molecule has 0 fully saturated rings. The van der Waals surface area contributed by atoms with Crippen LogP contribution in [-0.2, 0) is 0 Å². The van der Waals surface area contributed by atoms with Crippen LogP contribution in [0.5, 0.6) is 0 Å². The van der Waals surface area contributed by atoms with Gasteiger partial charge < -0.3 is 0 Å². The summed E-state index contributed by atoms with van der Waals surface area (Å²) in [5.41, 5.74) is 4.27. The predicted octanol–water partition coefficient (Wildman–Crippen LogP) is 2.53. The number of hydrogen-bond donors (Lipinski definition) is 0. The standard InChI is InChI=1S/C10H11N3S/c1-6-7(2)9(13-12-8(6)3)10-11-4-5-14-10/h4-5H,1-3H3. The van der Waals surface area contributed by atoms with Crippen LogP contribution in [-0.4, -0.2) is 15.2 Å². The van der Waals surface area contributed by atoms with Gasteiger partial charge in [0.2, 0.25) is 0 Å². The van der Waals surface area contributed by atoms with Gasteiger partial charge in [-0.1, -0.05) is 0 Å². The van der Waals surface area contributed by atoms with E-state index in [9.17, 15) is 0 Å². The third-order valence-corrected chi connectivity index (χ3v) is 3.18. The molecule has 0 saturated heterocycles. The largest absolute Gasteiger partial charge is 0.243 e. The van der Waals surface area contributed by atoms with Gasteiger partial charge in [-0.25, -0.2) is 4.98 Å². The summed E-state index contributed by atoms with van der Waals surface area (Å²) in [6, 6.07) is 0. The van der Waals surface area contributed by atoms with Gasteiger partial charge in [0.25, 0.3) is 0 Å². The molecule has 0 bridgehead atoms. The second-order valence-corrected chi connectivity index (χ2v) is 4.12. The first kappa shape index (κ1) is 9.27. The minimum Gasteiger partial charge on any atom is -0.243 e. The van der Waals surface area contributed by atoms with Crippen molar-refractivity contribution >= 4 is 11.3 Å². The van der Waals surface area contributed by atoms with E-state index in [4.69, 9.17) is 0 Å². The summed E-state index contributed by atoms with van der Waals surface area (Å²) in [6.45, 7) is 6.10. The summed E-state index contributed by atoms with van der Waals surface area (Å²) >= 11 is 1.59. The van der Waals surface area contributed by atoms with Gasteiger partial charge in [0.15, 0.2) is 0 Å². The summed E-state index contributed by atoms with van der Waals surface area (Å²) in [6.07, 6.45) is 1.79. The maximum atomic E-state index is 4.23. The third kappa shape index (κ3) is 1.42. The molecule has 0 aromatic carbocycles. The Morgan fingerprint density at radius 1 is 1.07 bits per heavy atom. The summed E-state index contributed by atoms with van der Waals surface area (Å²) < 4.78 is 0. The van der Waals surface area contributed by atoms with E-state index >= 15 is 0 Å². The molecule has 0 radical (unpaired) electrons. The molecular weight excluding hydrogens is 194 g/mol. The molecule has 0 aliphatic heterocycles. The van der Waals surface area contributed by atoms with Crippen molar-refractivity contribution in [1.29, 1.82) is 0 Å². The van der Waals surface area contributed by atoms with E-state index in [1.807, 2.05) is 12.3 Å².